The Kier molecular flexibility index (Phi) is 5.82. The van der Waals surface area contributed by atoms with Crippen molar-refractivity contribution in [3.8, 4) is 11.5 Å². The number of carbonyl (C=O) groups excluding carboxylic acids is 1. The maximum atomic E-state index is 12.2. The summed E-state index contributed by atoms with van der Waals surface area (Å²) in [6, 6.07) is 9.97. The number of carbonyl (C=O) groups is 1. The third-order valence-electron chi connectivity index (χ3n) is 5.11. The summed E-state index contributed by atoms with van der Waals surface area (Å²) in [4.78, 5) is 18.8. The molecular weight excluding hydrogens is 356 g/mol. The number of amides is 1. The van der Waals surface area contributed by atoms with Gasteiger partial charge in [0.1, 0.15) is 0 Å². The van der Waals surface area contributed by atoms with E-state index in [0.29, 0.717) is 24.8 Å². The number of hydrazone groups is 1. The smallest absolute Gasteiger partial charge is 0.241 e. The van der Waals surface area contributed by atoms with Crippen LogP contribution in [0.1, 0.15) is 42.9 Å². The molecule has 3 heterocycles. The normalized spacial score (nSPS) is 19.1. The number of hydrogen-bond donors (Lipinski definition) is 1. The van der Waals surface area contributed by atoms with Crippen LogP contribution in [-0.2, 0) is 4.79 Å². The van der Waals surface area contributed by atoms with Crippen molar-refractivity contribution in [2.75, 3.05) is 19.9 Å². The van der Waals surface area contributed by atoms with Gasteiger partial charge >= 0.3 is 0 Å². The van der Waals surface area contributed by atoms with Gasteiger partial charge in [-0.3, -0.25) is 14.7 Å². The number of aromatic nitrogens is 1. The molecule has 1 fully saturated rings. The Hall–Kier alpha value is -2.93. The first-order chi connectivity index (χ1) is 13.8. The van der Waals surface area contributed by atoms with Crippen molar-refractivity contribution in [2.45, 2.75) is 31.7 Å². The molecule has 1 aromatic heterocycles. The average Bonchev–Trinajstić information content (AvgIpc) is 3.21. The number of rotatable bonds is 6. The van der Waals surface area contributed by atoms with Gasteiger partial charge in [-0.2, -0.15) is 5.10 Å². The third kappa shape index (κ3) is 4.48. The summed E-state index contributed by atoms with van der Waals surface area (Å²) in [6.45, 7) is 1.96. The first-order valence-corrected chi connectivity index (χ1v) is 9.65. The molecule has 7 heteroatoms. The summed E-state index contributed by atoms with van der Waals surface area (Å²) < 4.78 is 10.6. The van der Waals surface area contributed by atoms with Crippen LogP contribution in [0, 0.1) is 0 Å². The van der Waals surface area contributed by atoms with Crippen molar-refractivity contribution in [2.24, 2.45) is 5.10 Å². The van der Waals surface area contributed by atoms with Gasteiger partial charge in [0.25, 0.3) is 0 Å². The van der Waals surface area contributed by atoms with Crippen LogP contribution >= 0.6 is 0 Å². The molecule has 146 valence electrons. The number of hydrogen-bond acceptors (Lipinski definition) is 6. The fourth-order valence-corrected chi connectivity index (χ4v) is 3.68. The van der Waals surface area contributed by atoms with E-state index in [-0.39, 0.29) is 12.7 Å². The maximum absolute atomic E-state index is 12.2. The van der Waals surface area contributed by atoms with Crippen molar-refractivity contribution >= 4 is 12.1 Å². The van der Waals surface area contributed by atoms with Crippen LogP contribution in [0.5, 0.6) is 11.5 Å². The molecule has 0 bridgehead atoms. The molecule has 28 heavy (non-hydrogen) atoms. The summed E-state index contributed by atoms with van der Waals surface area (Å²) in [5.41, 5.74) is 4.68. The minimum Gasteiger partial charge on any atom is -0.454 e. The predicted octanol–water partition coefficient (Wildman–Crippen LogP) is 2.88. The highest BCUT2D eigenvalue weighted by Crippen LogP contribution is 2.32. The number of fused-ring (bicyclic) bond motifs is 1. The van der Waals surface area contributed by atoms with Gasteiger partial charge in [0.05, 0.1) is 6.21 Å². The molecule has 1 saturated heterocycles. The molecule has 1 aromatic carbocycles. The number of pyridine rings is 1. The minimum atomic E-state index is -0.0903. The van der Waals surface area contributed by atoms with Crippen molar-refractivity contribution < 1.29 is 14.3 Å². The number of benzene rings is 1. The summed E-state index contributed by atoms with van der Waals surface area (Å²) >= 11 is 0. The van der Waals surface area contributed by atoms with Gasteiger partial charge in [0, 0.05) is 31.4 Å². The summed E-state index contributed by atoms with van der Waals surface area (Å²) in [6.07, 6.45) is 9.23. The van der Waals surface area contributed by atoms with Gasteiger partial charge in [-0.25, -0.2) is 5.43 Å². The van der Waals surface area contributed by atoms with Crippen molar-refractivity contribution in [3.05, 3.63) is 53.9 Å². The Morgan fingerprint density at radius 1 is 1.29 bits per heavy atom. The predicted molar refractivity (Wildman–Crippen MR) is 105 cm³/mol. The minimum absolute atomic E-state index is 0.0903. The van der Waals surface area contributed by atoms with E-state index in [1.165, 1.54) is 18.4 Å². The highest BCUT2D eigenvalue weighted by molar-refractivity contribution is 5.83. The second-order valence-electron chi connectivity index (χ2n) is 6.99. The monoisotopic (exact) mass is 380 g/mol. The number of nitrogens with zero attached hydrogens (tertiary/aromatic N) is 3. The molecule has 0 radical (unpaired) electrons. The molecule has 0 spiro atoms. The lowest BCUT2D eigenvalue weighted by Gasteiger charge is -2.35. The van der Waals surface area contributed by atoms with Crippen LogP contribution in [0.4, 0.5) is 0 Å². The van der Waals surface area contributed by atoms with Crippen molar-refractivity contribution in [3.63, 3.8) is 0 Å². The van der Waals surface area contributed by atoms with E-state index < -0.39 is 0 Å². The third-order valence-corrected chi connectivity index (χ3v) is 5.11. The summed E-state index contributed by atoms with van der Waals surface area (Å²) in [7, 11) is 0. The van der Waals surface area contributed by atoms with E-state index in [1.807, 2.05) is 30.5 Å². The number of nitrogens with one attached hydrogen (secondary N) is 1. The second kappa shape index (κ2) is 8.84. The molecule has 1 N–H and O–H groups in total. The molecule has 1 atom stereocenters. The lowest BCUT2D eigenvalue weighted by Crippen LogP contribution is -2.36. The molecule has 4 rings (SSSR count). The molecule has 0 aliphatic carbocycles. The molecule has 2 aromatic rings. The summed E-state index contributed by atoms with van der Waals surface area (Å²) in [5, 5.41) is 4.06. The van der Waals surface area contributed by atoms with Crippen LogP contribution in [0.3, 0.4) is 0 Å². The number of piperidine rings is 1. The topological polar surface area (TPSA) is 76.1 Å². The highest BCUT2D eigenvalue weighted by atomic mass is 16.7. The van der Waals surface area contributed by atoms with Gasteiger partial charge in [0.15, 0.2) is 11.5 Å². The molecule has 7 nitrogen and oxygen atoms in total. The van der Waals surface area contributed by atoms with Crippen LogP contribution in [-0.4, -0.2) is 41.9 Å². The second-order valence-corrected chi connectivity index (χ2v) is 6.99. The van der Waals surface area contributed by atoms with Gasteiger partial charge in [-0.15, -0.1) is 0 Å². The lowest BCUT2D eigenvalue weighted by molar-refractivity contribution is -0.121. The zero-order valence-electron chi connectivity index (χ0n) is 15.7. The fourth-order valence-electron chi connectivity index (χ4n) is 3.68. The van der Waals surface area contributed by atoms with E-state index in [0.717, 1.165) is 24.3 Å². The summed E-state index contributed by atoms with van der Waals surface area (Å²) in [5.74, 6) is 1.33. The van der Waals surface area contributed by atoms with Crippen LogP contribution in [0.2, 0.25) is 0 Å². The zero-order chi connectivity index (χ0) is 19.2. The average molecular weight is 380 g/mol. The largest absolute Gasteiger partial charge is 0.454 e. The van der Waals surface area contributed by atoms with E-state index in [2.05, 4.69) is 26.5 Å². The Morgan fingerprint density at radius 2 is 2.21 bits per heavy atom. The van der Waals surface area contributed by atoms with Crippen LogP contribution < -0.4 is 14.9 Å². The lowest BCUT2D eigenvalue weighted by atomic mass is 9.96. The fraction of sp³-hybridized carbons (Fsp3) is 0.381. The van der Waals surface area contributed by atoms with Gasteiger partial charge in [-0.1, -0.05) is 12.5 Å². The van der Waals surface area contributed by atoms with E-state index in [9.17, 15) is 4.79 Å². The molecule has 2 aliphatic heterocycles. The van der Waals surface area contributed by atoms with Gasteiger partial charge < -0.3 is 9.47 Å². The highest BCUT2D eigenvalue weighted by Gasteiger charge is 2.24. The van der Waals surface area contributed by atoms with Crippen LogP contribution in [0.25, 0.3) is 0 Å². The Bertz CT molecular complexity index is 841. The molecule has 1 amide bonds. The first kappa shape index (κ1) is 18.4. The van der Waals surface area contributed by atoms with Gasteiger partial charge in [0.2, 0.25) is 12.7 Å². The Morgan fingerprint density at radius 3 is 3.11 bits per heavy atom. The maximum Gasteiger partial charge on any atom is 0.241 e. The molecule has 0 unspecified atom stereocenters. The number of ether oxygens (including phenoxy) is 2. The number of likely N-dealkylation sites (tertiary alicyclic amines) is 1. The SMILES string of the molecule is O=C(CCN1CCCC[C@H]1c1cccnc1)N/N=C\c1ccc2c(c1)OCO2. The first-order valence-electron chi connectivity index (χ1n) is 9.65. The van der Waals surface area contributed by atoms with E-state index in [1.54, 1.807) is 12.4 Å². The van der Waals surface area contributed by atoms with Crippen molar-refractivity contribution in [1.29, 1.82) is 0 Å². The van der Waals surface area contributed by atoms with E-state index in [4.69, 9.17) is 9.47 Å². The molecule has 0 saturated carbocycles. The van der Waals surface area contributed by atoms with Crippen LogP contribution in [0.15, 0.2) is 47.8 Å². The quantitative estimate of drug-likeness (QED) is 0.616. The van der Waals surface area contributed by atoms with E-state index >= 15 is 0 Å². The molecule has 2 aliphatic rings. The zero-order valence-corrected chi connectivity index (χ0v) is 15.7. The Balaban J connectivity index is 1.27. The standard InChI is InChI=1S/C21H24N4O3/c26-21(24-23-13-16-6-7-19-20(12-16)28-15-27-19)8-11-25-10-2-1-5-18(25)17-4-3-9-22-14-17/h3-4,6-7,9,12-14,18H,1-2,5,8,10-11,15H2,(H,24,26)/b23-13-/t18-/m0/s1. The Labute approximate surface area is 164 Å². The molecular formula is C21H24N4O3. The van der Waals surface area contributed by atoms with Gasteiger partial charge in [-0.05, 0) is 54.8 Å². The van der Waals surface area contributed by atoms with Crippen molar-refractivity contribution in [1.82, 2.24) is 15.3 Å².